The molecule has 0 spiro atoms. The fourth-order valence-electron chi connectivity index (χ4n) is 2.59. The Morgan fingerprint density at radius 1 is 1.29 bits per heavy atom. The SMILES string of the molecule is Nc1cc(Cl)ccc1NC(=O)CCOC1CCCCCC1. The van der Waals surface area contributed by atoms with Gasteiger partial charge in [-0.2, -0.15) is 0 Å². The van der Waals surface area contributed by atoms with E-state index in [1.165, 1.54) is 25.7 Å². The van der Waals surface area contributed by atoms with Crippen LogP contribution >= 0.6 is 11.6 Å². The molecule has 0 heterocycles. The van der Waals surface area contributed by atoms with Crippen LogP contribution in [0.1, 0.15) is 44.9 Å². The number of carbonyl (C=O) groups is 1. The van der Waals surface area contributed by atoms with E-state index in [1.54, 1.807) is 18.2 Å². The molecule has 1 aliphatic carbocycles. The zero-order valence-electron chi connectivity index (χ0n) is 12.2. The standard InChI is InChI=1S/C16H23ClN2O2/c17-12-7-8-15(14(18)11-12)19-16(20)9-10-21-13-5-3-1-2-4-6-13/h7-8,11,13H,1-6,9-10,18H2,(H,19,20). The van der Waals surface area contributed by atoms with Crippen molar-refractivity contribution in [3.05, 3.63) is 23.2 Å². The van der Waals surface area contributed by atoms with Crippen molar-refractivity contribution >= 4 is 28.9 Å². The zero-order chi connectivity index (χ0) is 15.1. The predicted molar refractivity (Wildman–Crippen MR) is 86.6 cm³/mol. The maximum atomic E-state index is 11.9. The highest BCUT2D eigenvalue weighted by Gasteiger charge is 2.13. The first-order chi connectivity index (χ1) is 10.1. The number of hydrogen-bond donors (Lipinski definition) is 2. The summed E-state index contributed by atoms with van der Waals surface area (Å²) in [6, 6.07) is 5.04. The molecule has 0 atom stereocenters. The van der Waals surface area contributed by atoms with Gasteiger partial charge in [0, 0.05) is 5.02 Å². The molecular weight excluding hydrogens is 288 g/mol. The van der Waals surface area contributed by atoms with Crippen LogP contribution in [-0.4, -0.2) is 18.6 Å². The Balaban J connectivity index is 1.71. The minimum absolute atomic E-state index is 0.0855. The lowest BCUT2D eigenvalue weighted by Crippen LogP contribution is -2.18. The number of nitrogens with one attached hydrogen (secondary N) is 1. The van der Waals surface area contributed by atoms with E-state index in [9.17, 15) is 4.79 Å². The van der Waals surface area contributed by atoms with Crippen LogP contribution in [0.25, 0.3) is 0 Å². The minimum Gasteiger partial charge on any atom is -0.397 e. The number of halogens is 1. The van der Waals surface area contributed by atoms with Crippen molar-refractivity contribution in [2.75, 3.05) is 17.7 Å². The molecule has 1 fully saturated rings. The second kappa shape index (κ2) is 8.25. The van der Waals surface area contributed by atoms with Gasteiger partial charge < -0.3 is 15.8 Å². The van der Waals surface area contributed by atoms with Crippen LogP contribution in [0.4, 0.5) is 11.4 Å². The number of anilines is 2. The lowest BCUT2D eigenvalue weighted by molar-refractivity contribution is -0.117. The van der Waals surface area contributed by atoms with Crippen LogP contribution in [0.3, 0.4) is 0 Å². The first-order valence-electron chi connectivity index (χ1n) is 7.61. The van der Waals surface area contributed by atoms with Crippen molar-refractivity contribution in [3.63, 3.8) is 0 Å². The summed E-state index contributed by atoms with van der Waals surface area (Å²) >= 11 is 5.82. The summed E-state index contributed by atoms with van der Waals surface area (Å²) in [5, 5.41) is 3.34. The smallest absolute Gasteiger partial charge is 0.226 e. The molecule has 5 heteroatoms. The number of rotatable bonds is 5. The second-order valence-electron chi connectivity index (χ2n) is 5.51. The van der Waals surface area contributed by atoms with Gasteiger partial charge in [0.1, 0.15) is 0 Å². The Labute approximate surface area is 131 Å². The molecular formula is C16H23ClN2O2. The maximum absolute atomic E-state index is 11.9. The molecule has 0 bridgehead atoms. The van der Waals surface area contributed by atoms with Gasteiger partial charge in [-0.3, -0.25) is 4.79 Å². The Morgan fingerprint density at radius 3 is 2.67 bits per heavy atom. The molecule has 0 radical (unpaired) electrons. The summed E-state index contributed by atoms with van der Waals surface area (Å²) in [4.78, 5) is 11.9. The third-order valence-corrected chi connectivity index (χ3v) is 4.01. The van der Waals surface area contributed by atoms with Crippen molar-refractivity contribution in [2.45, 2.75) is 51.0 Å². The molecule has 116 valence electrons. The highest BCUT2D eigenvalue weighted by molar-refractivity contribution is 6.31. The van der Waals surface area contributed by atoms with E-state index in [1.807, 2.05) is 0 Å². The molecule has 2 rings (SSSR count). The van der Waals surface area contributed by atoms with Crippen LogP contribution in [0.15, 0.2) is 18.2 Å². The Hall–Kier alpha value is -1.26. The average Bonchev–Trinajstić information content (AvgIpc) is 2.71. The molecule has 0 unspecified atom stereocenters. The van der Waals surface area contributed by atoms with Crippen molar-refractivity contribution < 1.29 is 9.53 Å². The minimum atomic E-state index is -0.0855. The number of carbonyl (C=O) groups excluding carboxylic acids is 1. The van der Waals surface area contributed by atoms with E-state index in [0.717, 1.165) is 12.8 Å². The van der Waals surface area contributed by atoms with Crippen LogP contribution in [0, 0.1) is 0 Å². The lowest BCUT2D eigenvalue weighted by Gasteiger charge is -2.15. The van der Waals surface area contributed by atoms with E-state index in [0.29, 0.717) is 35.5 Å². The van der Waals surface area contributed by atoms with Crippen LogP contribution in [-0.2, 0) is 9.53 Å². The molecule has 1 amide bonds. The Bertz CT molecular complexity index is 471. The Kier molecular flexibility index (Phi) is 6.33. The number of hydrogen-bond acceptors (Lipinski definition) is 3. The predicted octanol–water partition coefficient (Wildman–Crippen LogP) is 3.99. The zero-order valence-corrected chi connectivity index (χ0v) is 13.0. The van der Waals surface area contributed by atoms with Crippen molar-refractivity contribution in [3.8, 4) is 0 Å². The molecule has 0 saturated heterocycles. The maximum Gasteiger partial charge on any atom is 0.226 e. The number of benzene rings is 1. The Morgan fingerprint density at radius 2 is 2.00 bits per heavy atom. The normalized spacial score (nSPS) is 16.4. The molecule has 3 N–H and O–H groups in total. The topological polar surface area (TPSA) is 64.3 Å². The van der Waals surface area contributed by atoms with Gasteiger partial charge >= 0.3 is 0 Å². The highest BCUT2D eigenvalue weighted by Crippen LogP contribution is 2.23. The lowest BCUT2D eigenvalue weighted by atomic mass is 10.1. The molecule has 4 nitrogen and oxygen atoms in total. The van der Waals surface area contributed by atoms with E-state index >= 15 is 0 Å². The van der Waals surface area contributed by atoms with Crippen molar-refractivity contribution in [1.29, 1.82) is 0 Å². The summed E-state index contributed by atoms with van der Waals surface area (Å²) in [6.45, 7) is 0.462. The first-order valence-corrected chi connectivity index (χ1v) is 7.99. The van der Waals surface area contributed by atoms with Crippen LogP contribution in [0.5, 0.6) is 0 Å². The second-order valence-corrected chi connectivity index (χ2v) is 5.95. The average molecular weight is 311 g/mol. The highest BCUT2D eigenvalue weighted by atomic mass is 35.5. The summed E-state index contributed by atoms with van der Waals surface area (Å²) in [5.41, 5.74) is 6.87. The van der Waals surface area contributed by atoms with Gasteiger partial charge in [0.15, 0.2) is 0 Å². The molecule has 1 aromatic rings. The fraction of sp³-hybridized carbons (Fsp3) is 0.562. The summed E-state index contributed by atoms with van der Waals surface area (Å²) in [5.74, 6) is -0.0855. The molecule has 21 heavy (non-hydrogen) atoms. The molecule has 1 saturated carbocycles. The molecule has 1 aliphatic rings. The van der Waals surface area contributed by atoms with Gasteiger partial charge in [-0.05, 0) is 31.0 Å². The molecule has 0 aliphatic heterocycles. The third-order valence-electron chi connectivity index (χ3n) is 3.77. The van der Waals surface area contributed by atoms with E-state index in [4.69, 9.17) is 22.1 Å². The summed E-state index contributed by atoms with van der Waals surface area (Å²) < 4.78 is 5.81. The van der Waals surface area contributed by atoms with Crippen LogP contribution in [0.2, 0.25) is 5.02 Å². The van der Waals surface area contributed by atoms with E-state index < -0.39 is 0 Å². The number of nitrogen functional groups attached to an aromatic ring is 1. The molecule has 1 aromatic carbocycles. The number of nitrogens with two attached hydrogens (primary N) is 1. The largest absolute Gasteiger partial charge is 0.397 e. The molecule has 0 aromatic heterocycles. The van der Waals surface area contributed by atoms with Gasteiger partial charge in [-0.25, -0.2) is 0 Å². The fourth-order valence-corrected chi connectivity index (χ4v) is 2.77. The summed E-state index contributed by atoms with van der Waals surface area (Å²) in [6.07, 6.45) is 7.97. The quantitative estimate of drug-likeness (QED) is 0.638. The van der Waals surface area contributed by atoms with Gasteiger partial charge in [0.25, 0.3) is 0 Å². The van der Waals surface area contributed by atoms with Gasteiger partial charge in [-0.1, -0.05) is 37.3 Å². The van der Waals surface area contributed by atoms with Crippen molar-refractivity contribution in [2.24, 2.45) is 0 Å². The number of amides is 1. The van der Waals surface area contributed by atoms with E-state index in [-0.39, 0.29) is 5.91 Å². The van der Waals surface area contributed by atoms with Gasteiger partial charge in [0.05, 0.1) is 30.5 Å². The third kappa shape index (κ3) is 5.56. The van der Waals surface area contributed by atoms with Gasteiger partial charge in [0.2, 0.25) is 5.91 Å². The monoisotopic (exact) mass is 310 g/mol. The van der Waals surface area contributed by atoms with E-state index in [2.05, 4.69) is 5.32 Å². The number of ether oxygens (including phenoxy) is 1. The van der Waals surface area contributed by atoms with Crippen molar-refractivity contribution in [1.82, 2.24) is 0 Å². The first kappa shape index (κ1) is 16.1. The summed E-state index contributed by atoms with van der Waals surface area (Å²) in [7, 11) is 0. The van der Waals surface area contributed by atoms with Crippen LogP contribution < -0.4 is 11.1 Å². The van der Waals surface area contributed by atoms with Gasteiger partial charge in [-0.15, -0.1) is 0 Å².